The fraction of sp³-hybridized carbons (Fsp3) is 0.429. The molecule has 1 aliphatic rings. The number of halogens is 1. The van der Waals surface area contributed by atoms with E-state index in [9.17, 15) is 9.59 Å². The Morgan fingerprint density at radius 3 is 2.65 bits per heavy atom. The first-order chi connectivity index (χ1) is 9.51. The standard InChI is InChI=1S/C14H16BrNO4/c1-20-10-4-5-11(15)12(7-10)16-13(17)8-2-3-9(6-8)14(18)19/h4-5,7-9H,2-3,6H2,1H3,(H,16,17)(H,18,19). The molecule has 1 aromatic carbocycles. The monoisotopic (exact) mass is 341 g/mol. The van der Waals surface area contributed by atoms with Gasteiger partial charge in [-0.05, 0) is 47.3 Å². The highest BCUT2D eigenvalue weighted by atomic mass is 79.9. The van der Waals surface area contributed by atoms with Crippen LogP contribution in [0.3, 0.4) is 0 Å². The van der Waals surface area contributed by atoms with Crippen molar-refractivity contribution in [2.45, 2.75) is 19.3 Å². The van der Waals surface area contributed by atoms with Crippen LogP contribution in [0, 0.1) is 11.8 Å². The molecule has 0 bridgehead atoms. The molecular formula is C14H16BrNO4. The SMILES string of the molecule is COc1ccc(Br)c(NC(=O)C2CCC(C(=O)O)C2)c1. The second-order valence-electron chi connectivity index (χ2n) is 4.88. The van der Waals surface area contributed by atoms with Crippen molar-refractivity contribution >= 4 is 33.5 Å². The van der Waals surface area contributed by atoms with Crippen LogP contribution in [0.1, 0.15) is 19.3 Å². The molecule has 1 aliphatic carbocycles. The number of benzene rings is 1. The summed E-state index contributed by atoms with van der Waals surface area (Å²) in [6.45, 7) is 0. The van der Waals surface area contributed by atoms with Crippen LogP contribution in [0.25, 0.3) is 0 Å². The summed E-state index contributed by atoms with van der Waals surface area (Å²) >= 11 is 3.37. The van der Waals surface area contributed by atoms with Gasteiger partial charge in [0.1, 0.15) is 5.75 Å². The Labute approximate surface area is 125 Å². The first-order valence-corrected chi connectivity index (χ1v) is 7.17. The van der Waals surface area contributed by atoms with Crippen molar-refractivity contribution in [2.24, 2.45) is 11.8 Å². The van der Waals surface area contributed by atoms with E-state index in [1.54, 1.807) is 25.3 Å². The van der Waals surface area contributed by atoms with Gasteiger partial charge in [0.05, 0.1) is 18.7 Å². The van der Waals surface area contributed by atoms with Crippen molar-refractivity contribution in [2.75, 3.05) is 12.4 Å². The van der Waals surface area contributed by atoms with E-state index in [2.05, 4.69) is 21.2 Å². The number of amides is 1. The van der Waals surface area contributed by atoms with Gasteiger partial charge < -0.3 is 15.2 Å². The van der Waals surface area contributed by atoms with E-state index in [-0.39, 0.29) is 11.8 Å². The first kappa shape index (κ1) is 14.8. The van der Waals surface area contributed by atoms with E-state index in [1.165, 1.54) is 0 Å². The molecule has 1 fully saturated rings. The molecule has 2 rings (SSSR count). The average molecular weight is 342 g/mol. The lowest BCUT2D eigenvalue weighted by molar-refractivity contribution is -0.141. The van der Waals surface area contributed by atoms with Gasteiger partial charge in [0.2, 0.25) is 5.91 Å². The molecule has 0 saturated heterocycles. The Bertz CT molecular complexity index is 532. The zero-order chi connectivity index (χ0) is 14.7. The van der Waals surface area contributed by atoms with Crippen LogP contribution in [-0.2, 0) is 9.59 Å². The third-order valence-corrected chi connectivity index (χ3v) is 4.28. The summed E-state index contributed by atoms with van der Waals surface area (Å²) in [4.78, 5) is 23.1. The Kier molecular flexibility index (Phi) is 4.65. The second-order valence-corrected chi connectivity index (χ2v) is 5.73. The molecule has 0 heterocycles. The van der Waals surface area contributed by atoms with Crippen molar-refractivity contribution < 1.29 is 19.4 Å². The van der Waals surface area contributed by atoms with Crippen LogP contribution in [0.2, 0.25) is 0 Å². The van der Waals surface area contributed by atoms with Gasteiger partial charge in [-0.2, -0.15) is 0 Å². The van der Waals surface area contributed by atoms with E-state index in [1.807, 2.05) is 0 Å². The van der Waals surface area contributed by atoms with Gasteiger partial charge in [-0.25, -0.2) is 0 Å². The van der Waals surface area contributed by atoms with E-state index in [0.29, 0.717) is 30.7 Å². The summed E-state index contributed by atoms with van der Waals surface area (Å²) in [5.41, 5.74) is 0.633. The molecule has 1 amide bonds. The van der Waals surface area contributed by atoms with E-state index in [0.717, 1.165) is 4.47 Å². The van der Waals surface area contributed by atoms with Gasteiger partial charge in [0.15, 0.2) is 0 Å². The Balaban J connectivity index is 2.03. The maximum absolute atomic E-state index is 12.2. The summed E-state index contributed by atoms with van der Waals surface area (Å²) in [6.07, 6.45) is 1.58. The number of nitrogens with one attached hydrogen (secondary N) is 1. The molecule has 6 heteroatoms. The summed E-state index contributed by atoms with van der Waals surface area (Å²) < 4.78 is 5.88. The Morgan fingerprint density at radius 1 is 1.35 bits per heavy atom. The molecule has 20 heavy (non-hydrogen) atoms. The lowest BCUT2D eigenvalue weighted by Gasteiger charge is -2.13. The van der Waals surface area contributed by atoms with Gasteiger partial charge in [0, 0.05) is 16.5 Å². The van der Waals surface area contributed by atoms with E-state index >= 15 is 0 Å². The lowest BCUT2D eigenvalue weighted by Crippen LogP contribution is -2.21. The van der Waals surface area contributed by atoms with Crippen LogP contribution in [0.5, 0.6) is 5.75 Å². The number of anilines is 1. The highest BCUT2D eigenvalue weighted by Crippen LogP contribution is 2.33. The van der Waals surface area contributed by atoms with Gasteiger partial charge in [-0.1, -0.05) is 0 Å². The van der Waals surface area contributed by atoms with E-state index in [4.69, 9.17) is 9.84 Å². The molecule has 5 nitrogen and oxygen atoms in total. The van der Waals surface area contributed by atoms with Gasteiger partial charge in [-0.3, -0.25) is 9.59 Å². The van der Waals surface area contributed by atoms with Crippen molar-refractivity contribution in [1.82, 2.24) is 0 Å². The minimum Gasteiger partial charge on any atom is -0.497 e. The Morgan fingerprint density at radius 2 is 2.05 bits per heavy atom. The van der Waals surface area contributed by atoms with Crippen LogP contribution in [0.4, 0.5) is 5.69 Å². The van der Waals surface area contributed by atoms with Crippen molar-refractivity contribution in [1.29, 1.82) is 0 Å². The molecule has 108 valence electrons. The fourth-order valence-corrected chi connectivity index (χ4v) is 2.75. The fourth-order valence-electron chi connectivity index (χ4n) is 2.41. The molecule has 0 radical (unpaired) electrons. The number of aliphatic carboxylic acids is 1. The summed E-state index contributed by atoms with van der Waals surface area (Å²) in [5.74, 6) is -0.947. The highest BCUT2D eigenvalue weighted by molar-refractivity contribution is 9.10. The first-order valence-electron chi connectivity index (χ1n) is 6.38. The minimum absolute atomic E-state index is 0.136. The third-order valence-electron chi connectivity index (χ3n) is 3.58. The molecule has 1 aromatic rings. The number of hydrogen-bond donors (Lipinski definition) is 2. The van der Waals surface area contributed by atoms with Crippen molar-refractivity contribution in [3.05, 3.63) is 22.7 Å². The zero-order valence-electron chi connectivity index (χ0n) is 11.1. The number of carboxylic acids is 1. The Hall–Kier alpha value is -1.56. The molecule has 0 aliphatic heterocycles. The van der Waals surface area contributed by atoms with Gasteiger partial charge >= 0.3 is 5.97 Å². The number of rotatable bonds is 4. The minimum atomic E-state index is -0.817. The third kappa shape index (κ3) is 3.30. The number of carbonyl (C=O) groups excluding carboxylic acids is 1. The number of methoxy groups -OCH3 is 1. The zero-order valence-corrected chi connectivity index (χ0v) is 12.6. The van der Waals surface area contributed by atoms with Crippen LogP contribution < -0.4 is 10.1 Å². The molecule has 0 spiro atoms. The number of carbonyl (C=O) groups is 2. The largest absolute Gasteiger partial charge is 0.497 e. The maximum Gasteiger partial charge on any atom is 0.306 e. The summed E-state index contributed by atoms with van der Waals surface area (Å²) in [7, 11) is 1.56. The maximum atomic E-state index is 12.2. The summed E-state index contributed by atoms with van der Waals surface area (Å²) in [6, 6.07) is 5.31. The number of hydrogen-bond acceptors (Lipinski definition) is 3. The van der Waals surface area contributed by atoms with Crippen molar-refractivity contribution in [3.63, 3.8) is 0 Å². The molecule has 0 aromatic heterocycles. The number of carboxylic acid groups (broad SMARTS) is 1. The van der Waals surface area contributed by atoms with Crippen LogP contribution >= 0.6 is 15.9 Å². The molecule has 1 saturated carbocycles. The molecule has 2 unspecified atom stereocenters. The normalized spacial score (nSPS) is 21.5. The number of ether oxygens (including phenoxy) is 1. The predicted molar refractivity (Wildman–Crippen MR) is 77.8 cm³/mol. The van der Waals surface area contributed by atoms with E-state index < -0.39 is 11.9 Å². The highest BCUT2D eigenvalue weighted by Gasteiger charge is 2.33. The van der Waals surface area contributed by atoms with Crippen LogP contribution in [0.15, 0.2) is 22.7 Å². The quantitative estimate of drug-likeness (QED) is 0.882. The van der Waals surface area contributed by atoms with Gasteiger partial charge in [0.25, 0.3) is 0 Å². The lowest BCUT2D eigenvalue weighted by atomic mass is 10.0. The van der Waals surface area contributed by atoms with Crippen LogP contribution in [-0.4, -0.2) is 24.1 Å². The predicted octanol–water partition coefficient (Wildman–Crippen LogP) is 2.90. The summed E-state index contributed by atoms with van der Waals surface area (Å²) in [5, 5.41) is 11.8. The average Bonchev–Trinajstić information content (AvgIpc) is 2.91. The molecular weight excluding hydrogens is 326 g/mol. The van der Waals surface area contributed by atoms with Gasteiger partial charge in [-0.15, -0.1) is 0 Å². The smallest absolute Gasteiger partial charge is 0.306 e. The molecule has 2 N–H and O–H groups in total. The molecule has 2 atom stereocenters. The second kappa shape index (κ2) is 6.26. The van der Waals surface area contributed by atoms with Crippen molar-refractivity contribution in [3.8, 4) is 5.75 Å². The topological polar surface area (TPSA) is 75.6 Å².